The standard InChI is InChI=1S/C17H11N3O5/c21-17(12-5-3-11(4-6-12)16-19-18-10-24-16)23-9-13-8-15(25-20-13)14-2-1-7-22-14/h1-8,10H,9H2. The predicted molar refractivity (Wildman–Crippen MR) is 83.1 cm³/mol. The van der Waals surface area contributed by atoms with Crippen LogP contribution in [-0.4, -0.2) is 21.3 Å². The number of hydrogen-bond donors (Lipinski definition) is 0. The van der Waals surface area contributed by atoms with Gasteiger partial charge in [-0.1, -0.05) is 5.16 Å². The first-order valence-electron chi connectivity index (χ1n) is 7.33. The van der Waals surface area contributed by atoms with Gasteiger partial charge in [-0.2, -0.15) is 0 Å². The molecule has 0 saturated heterocycles. The molecule has 0 radical (unpaired) electrons. The molecule has 8 nitrogen and oxygen atoms in total. The van der Waals surface area contributed by atoms with Crippen molar-refractivity contribution in [1.82, 2.24) is 15.4 Å². The van der Waals surface area contributed by atoms with E-state index in [1.807, 2.05) is 0 Å². The smallest absolute Gasteiger partial charge is 0.338 e. The van der Waals surface area contributed by atoms with Crippen molar-refractivity contribution in [2.75, 3.05) is 0 Å². The molecular formula is C17H11N3O5. The van der Waals surface area contributed by atoms with Crippen molar-refractivity contribution in [2.45, 2.75) is 6.61 Å². The van der Waals surface area contributed by atoms with E-state index < -0.39 is 5.97 Å². The number of furan rings is 1. The van der Waals surface area contributed by atoms with E-state index in [1.54, 1.807) is 42.5 Å². The second kappa shape index (κ2) is 6.44. The highest BCUT2D eigenvalue weighted by Gasteiger charge is 2.13. The molecule has 0 N–H and O–H groups in total. The van der Waals surface area contributed by atoms with Crippen LogP contribution in [0.1, 0.15) is 16.1 Å². The van der Waals surface area contributed by atoms with Crippen molar-refractivity contribution < 1.29 is 22.9 Å². The van der Waals surface area contributed by atoms with Crippen LogP contribution in [-0.2, 0) is 11.3 Å². The molecule has 25 heavy (non-hydrogen) atoms. The van der Waals surface area contributed by atoms with Crippen molar-refractivity contribution in [2.24, 2.45) is 0 Å². The molecule has 0 aliphatic rings. The molecule has 3 aromatic heterocycles. The van der Waals surface area contributed by atoms with E-state index in [0.29, 0.717) is 34.2 Å². The highest BCUT2D eigenvalue weighted by Crippen LogP contribution is 2.21. The van der Waals surface area contributed by atoms with Crippen LogP contribution in [0.15, 0.2) is 68.5 Å². The summed E-state index contributed by atoms with van der Waals surface area (Å²) in [6.45, 7) is -0.00550. The van der Waals surface area contributed by atoms with Crippen LogP contribution >= 0.6 is 0 Å². The molecule has 8 heteroatoms. The molecule has 0 aliphatic heterocycles. The SMILES string of the molecule is O=C(OCc1cc(-c2ccco2)on1)c1ccc(-c2nnco2)cc1. The third-order valence-corrected chi connectivity index (χ3v) is 3.40. The second-order valence-corrected chi connectivity index (χ2v) is 5.06. The van der Waals surface area contributed by atoms with Gasteiger partial charge >= 0.3 is 5.97 Å². The van der Waals surface area contributed by atoms with Crippen LogP contribution in [0.25, 0.3) is 23.0 Å². The Morgan fingerprint density at radius 2 is 1.96 bits per heavy atom. The summed E-state index contributed by atoms with van der Waals surface area (Å²) in [5.41, 5.74) is 1.61. The Balaban J connectivity index is 1.39. The minimum absolute atomic E-state index is 0.00550. The van der Waals surface area contributed by atoms with Gasteiger partial charge in [0, 0.05) is 11.6 Å². The van der Waals surface area contributed by atoms with E-state index in [0.717, 1.165) is 0 Å². The molecule has 0 saturated carbocycles. The fraction of sp³-hybridized carbons (Fsp3) is 0.0588. The largest absolute Gasteiger partial charge is 0.461 e. The molecule has 0 atom stereocenters. The predicted octanol–water partition coefficient (Wildman–Crippen LogP) is 3.34. The fourth-order valence-corrected chi connectivity index (χ4v) is 2.19. The van der Waals surface area contributed by atoms with E-state index >= 15 is 0 Å². The normalized spacial score (nSPS) is 10.7. The summed E-state index contributed by atoms with van der Waals surface area (Å²) >= 11 is 0. The van der Waals surface area contributed by atoms with Crippen LogP contribution < -0.4 is 0 Å². The highest BCUT2D eigenvalue weighted by atomic mass is 16.5. The molecule has 0 fully saturated rings. The monoisotopic (exact) mass is 337 g/mol. The zero-order chi connectivity index (χ0) is 17.1. The molecule has 0 aliphatic carbocycles. The van der Waals surface area contributed by atoms with Gasteiger partial charge in [-0.15, -0.1) is 10.2 Å². The van der Waals surface area contributed by atoms with Crippen molar-refractivity contribution in [3.05, 3.63) is 66.4 Å². The first-order valence-corrected chi connectivity index (χ1v) is 7.33. The van der Waals surface area contributed by atoms with E-state index in [-0.39, 0.29) is 6.61 Å². The lowest BCUT2D eigenvalue weighted by molar-refractivity contribution is 0.0464. The van der Waals surface area contributed by atoms with Gasteiger partial charge in [-0.05, 0) is 36.4 Å². The van der Waals surface area contributed by atoms with Crippen LogP contribution in [0.5, 0.6) is 0 Å². The molecule has 0 spiro atoms. The Morgan fingerprint density at radius 1 is 1.08 bits per heavy atom. The van der Waals surface area contributed by atoms with Gasteiger partial charge in [-0.25, -0.2) is 4.79 Å². The number of ether oxygens (including phenoxy) is 1. The molecule has 0 amide bonds. The zero-order valence-electron chi connectivity index (χ0n) is 12.8. The van der Waals surface area contributed by atoms with Gasteiger partial charge in [0.2, 0.25) is 18.0 Å². The van der Waals surface area contributed by atoms with Crippen LogP contribution in [0.4, 0.5) is 0 Å². The molecule has 0 unspecified atom stereocenters. The number of rotatable bonds is 5. The van der Waals surface area contributed by atoms with Crippen LogP contribution in [0, 0.1) is 0 Å². The third kappa shape index (κ3) is 3.18. The Bertz CT molecular complexity index is 956. The molecule has 4 rings (SSSR count). The van der Waals surface area contributed by atoms with Gasteiger partial charge < -0.3 is 18.1 Å². The minimum Gasteiger partial charge on any atom is -0.461 e. The average molecular weight is 337 g/mol. The molecule has 124 valence electrons. The quantitative estimate of drug-likeness (QED) is 0.511. The number of carbonyl (C=O) groups excluding carboxylic acids is 1. The molecule has 4 aromatic rings. The van der Waals surface area contributed by atoms with E-state index in [4.69, 9.17) is 18.1 Å². The fourth-order valence-electron chi connectivity index (χ4n) is 2.19. The Kier molecular flexibility index (Phi) is 3.83. The average Bonchev–Trinajstić information content (AvgIpc) is 3.42. The summed E-state index contributed by atoms with van der Waals surface area (Å²) in [6.07, 6.45) is 2.78. The first kappa shape index (κ1) is 14.9. The number of aromatic nitrogens is 3. The second-order valence-electron chi connectivity index (χ2n) is 5.06. The number of nitrogens with zero attached hydrogens (tertiary/aromatic N) is 3. The highest BCUT2D eigenvalue weighted by molar-refractivity contribution is 5.89. The van der Waals surface area contributed by atoms with Crippen LogP contribution in [0.2, 0.25) is 0 Å². The lowest BCUT2D eigenvalue weighted by Gasteiger charge is -2.03. The minimum atomic E-state index is -0.473. The van der Waals surface area contributed by atoms with Gasteiger partial charge in [0.05, 0.1) is 11.8 Å². The van der Waals surface area contributed by atoms with Crippen LogP contribution in [0.3, 0.4) is 0 Å². The lowest BCUT2D eigenvalue weighted by atomic mass is 10.1. The topological polar surface area (TPSA) is 104 Å². The number of esters is 1. The first-order chi connectivity index (χ1) is 12.3. The number of benzene rings is 1. The summed E-state index contributed by atoms with van der Waals surface area (Å²) in [7, 11) is 0. The van der Waals surface area contributed by atoms with Gasteiger partial charge in [0.25, 0.3) is 0 Å². The van der Waals surface area contributed by atoms with Gasteiger partial charge in [0.1, 0.15) is 12.3 Å². The summed E-state index contributed by atoms with van der Waals surface area (Å²) in [4.78, 5) is 12.1. The number of hydrogen-bond acceptors (Lipinski definition) is 8. The Morgan fingerprint density at radius 3 is 2.68 bits per heavy atom. The van der Waals surface area contributed by atoms with Crippen molar-refractivity contribution in [3.8, 4) is 23.0 Å². The maximum Gasteiger partial charge on any atom is 0.338 e. The zero-order valence-corrected chi connectivity index (χ0v) is 12.8. The van der Waals surface area contributed by atoms with Crippen molar-refractivity contribution in [3.63, 3.8) is 0 Å². The van der Waals surface area contributed by atoms with E-state index in [2.05, 4.69) is 15.4 Å². The lowest BCUT2D eigenvalue weighted by Crippen LogP contribution is -2.05. The molecule has 0 bridgehead atoms. The third-order valence-electron chi connectivity index (χ3n) is 3.40. The summed E-state index contributed by atoms with van der Waals surface area (Å²) in [5.74, 6) is 0.939. The maximum atomic E-state index is 12.1. The van der Waals surface area contributed by atoms with E-state index in [1.165, 1.54) is 12.7 Å². The summed E-state index contributed by atoms with van der Waals surface area (Å²) in [5, 5.41) is 11.3. The molecule has 3 heterocycles. The van der Waals surface area contributed by atoms with Crippen molar-refractivity contribution in [1.29, 1.82) is 0 Å². The van der Waals surface area contributed by atoms with Gasteiger partial charge in [0.15, 0.2) is 5.76 Å². The maximum absolute atomic E-state index is 12.1. The molecular weight excluding hydrogens is 326 g/mol. The van der Waals surface area contributed by atoms with Crippen molar-refractivity contribution >= 4 is 5.97 Å². The van der Waals surface area contributed by atoms with E-state index in [9.17, 15) is 4.79 Å². The summed E-state index contributed by atoms with van der Waals surface area (Å²) < 4.78 is 20.7. The Labute approximate surface area is 141 Å². The molecule has 1 aromatic carbocycles. The van der Waals surface area contributed by atoms with Gasteiger partial charge in [-0.3, -0.25) is 0 Å². The summed E-state index contributed by atoms with van der Waals surface area (Å²) in [6, 6.07) is 11.8. The Hall–Kier alpha value is -3.68. The number of carbonyl (C=O) groups is 1.